The second-order valence-corrected chi connectivity index (χ2v) is 8.49. The van der Waals surface area contributed by atoms with Crippen LogP contribution in [0.25, 0.3) is 0 Å². The summed E-state index contributed by atoms with van der Waals surface area (Å²) in [6.07, 6.45) is 2.68. The molecule has 0 aliphatic carbocycles. The van der Waals surface area contributed by atoms with Crippen molar-refractivity contribution in [3.8, 4) is 0 Å². The van der Waals surface area contributed by atoms with E-state index >= 15 is 0 Å². The number of rotatable bonds is 10. The molecular weight excluding hydrogens is 400 g/mol. The molecule has 2 aromatic rings. The molecule has 168 valence electrons. The van der Waals surface area contributed by atoms with E-state index in [-0.39, 0.29) is 30.1 Å². The molecule has 1 aliphatic rings. The Hall–Kier alpha value is -2.31. The lowest BCUT2D eigenvalue weighted by Gasteiger charge is -2.36. The van der Waals surface area contributed by atoms with Crippen LogP contribution in [0.15, 0.2) is 48.5 Å². The molecule has 1 fully saturated rings. The zero-order chi connectivity index (χ0) is 22.2. The number of benzene rings is 2. The predicted molar refractivity (Wildman–Crippen MR) is 116 cm³/mol. The topological polar surface area (TPSA) is 49.8 Å². The third-order valence-corrected chi connectivity index (χ3v) is 6.10. The van der Waals surface area contributed by atoms with Crippen LogP contribution in [0, 0.1) is 23.5 Å². The van der Waals surface area contributed by atoms with Crippen LogP contribution in [0.2, 0.25) is 0 Å². The van der Waals surface area contributed by atoms with Crippen molar-refractivity contribution >= 4 is 5.97 Å². The van der Waals surface area contributed by atoms with Crippen LogP contribution in [0.3, 0.4) is 0 Å². The Labute approximate surface area is 182 Å². The molecule has 1 N–H and O–H groups in total. The summed E-state index contributed by atoms with van der Waals surface area (Å²) >= 11 is 0. The largest absolute Gasteiger partial charge is 0.481 e. The van der Waals surface area contributed by atoms with Crippen molar-refractivity contribution in [3.05, 3.63) is 71.3 Å². The Kier molecular flexibility index (Phi) is 8.55. The average molecular weight is 432 g/mol. The van der Waals surface area contributed by atoms with Gasteiger partial charge in [0.1, 0.15) is 17.7 Å². The summed E-state index contributed by atoms with van der Waals surface area (Å²) in [4.78, 5) is 13.4. The third-order valence-electron chi connectivity index (χ3n) is 6.10. The van der Waals surface area contributed by atoms with Crippen LogP contribution in [0.1, 0.15) is 49.8 Å². The van der Waals surface area contributed by atoms with E-state index in [1.807, 2.05) is 0 Å². The molecule has 1 aliphatic heterocycles. The number of ether oxygens (including phenoxy) is 1. The van der Waals surface area contributed by atoms with Gasteiger partial charge in [0.25, 0.3) is 0 Å². The van der Waals surface area contributed by atoms with Gasteiger partial charge in [0.15, 0.2) is 0 Å². The molecular formula is C25H31F2NO3. The molecule has 0 radical (unpaired) electrons. The predicted octanol–water partition coefficient (Wildman–Crippen LogP) is 5.28. The van der Waals surface area contributed by atoms with Gasteiger partial charge in [-0.25, -0.2) is 8.78 Å². The van der Waals surface area contributed by atoms with Gasteiger partial charge in [0, 0.05) is 19.6 Å². The lowest BCUT2D eigenvalue weighted by atomic mass is 9.84. The van der Waals surface area contributed by atoms with E-state index in [0.29, 0.717) is 12.5 Å². The number of unbranched alkanes of at least 4 members (excludes halogenated alkanes) is 1. The number of nitrogens with zero attached hydrogens (tertiary/aromatic N) is 1. The number of carbonyl (C=O) groups is 1. The highest BCUT2D eigenvalue weighted by Gasteiger charge is 2.27. The van der Waals surface area contributed by atoms with Gasteiger partial charge in [-0.3, -0.25) is 4.79 Å². The highest BCUT2D eigenvalue weighted by molar-refractivity contribution is 5.67. The molecule has 0 bridgehead atoms. The van der Waals surface area contributed by atoms with Crippen LogP contribution in [0.5, 0.6) is 0 Å². The normalized spacial score (nSPS) is 19.6. The highest BCUT2D eigenvalue weighted by Crippen LogP contribution is 2.28. The minimum Gasteiger partial charge on any atom is -0.481 e. The monoisotopic (exact) mass is 431 g/mol. The van der Waals surface area contributed by atoms with Crippen LogP contribution in [0.4, 0.5) is 8.78 Å². The maximum Gasteiger partial charge on any atom is 0.303 e. The van der Waals surface area contributed by atoms with Crippen molar-refractivity contribution < 1.29 is 23.4 Å². The Morgan fingerprint density at radius 1 is 1.06 bits per heavy atom. The smallest absolute Gasteiger partial charge is 0.303 e. The van der Waals surface area contributed by atoms with Crippen molar-refractivity contribution in [3.63, 3.8) is 0 Å². The van der Waals surface area contributed by atoms with Gasteiger partial charge in [-0.1, -0.05) is 31.2 Å². The first-order chi connectivity index (χ1) is 14.9. The van der Waals surface area contributed by atoms with Crippen molar-refractivity contribution in [1.29, 1.82) is 0 Å². The molecule has 1 heterocycles. The number of carboxylic acids is 1. The van der Waals surface area contributed by atoms with Crippen LogP contribution in [-0.2, 0) is 9.53 Å². The summed E-state index contributed by atoms with van der Waals surface area (Å²) < 4.78 is 32.8. The number of piperidine rings is 1. The van der Waals surface area contributed by atoms with E-state index in [2.05, 4.69) is 11.8 Å². The zero-order valence-electron chi connectivity index (χ0n) is 18.0. The number of hydrogen-bond acceptors (Lipinski definition) is 3. The highest BCUT2D eigenvalue weighted by atomic mass is 19.1. The maximum absolute atomic E-state index is 13.3. The van der Waals surface area contributed by atoms with Crippen LogP contribution >= 0.6 is 0 Å². The van der Waals surface area contributed by atoms with Gasteiger partial charge in [-0.05, 0) is 79.6 Å². The van der Waals surface area contributed by atoms with Crippen LogP contribution in [-0.4, -0.2) is 42.2 Å². The molecule has 0 unspecified atom stereocenters. The average Bonchev–Trinajstić information content (AvgIpc) is 2.74. The summed E-state index contributed by atoms with van der Waals surface area (Å²) in [5, 5.41) is 9.02. The fourth-order valence-electron chi connectivity index (χ4n) is 4.31. The Morgan fingerprint density at radius 3 is 2.16 bits per heavy atom. The van der Waals surface area contributed by atoms with E-state index in [1.165, 1.54) is 24.3 Å². The molecule has 0 aromatic heterocycles. The van der Waals surface area contributed by atoms with E-state index in [0.717, 1.165) is 50.0 Å². The third kappa shape index (κ3) is 7.11. The molecule has 0 saturated carbocycles. The fraction of sp³-hybridized carbons (Fsp3) is 0.480. The molecule has 1 saturated heterocycles. The van der Waals surface area contributed by atoms with E-state index < -0.39 is 5.97 Å². The standard InChI is InChI=1S/C25H31F2NO3/c1-18-17-28(14-12-21(18)16-24(29)30)13-2-3-15-31-25(19-4-8-22(26)9-5-19)20-6-10-23(27)11-7-20/h4-11,18,21,25H,2-3,12-17H2,1H3,(H,29,30)/t18-,21-/m1/s1. The van der Waals surface area contributed by atoms with Gasteiger partial charge in [0.2, 0.25) is 0 Å². The summed E-state index contributed by atoms with van der Waals surface area (Å²) in [7, 11) is 0. The number of likely N-dealkylation sites (tertiary alicyclic amines) is 1. The minimum atomic E-state index is -0.709. The first-order valence-corrected chi connectivity index (χ1v) is 11.0. The van der Waals surface area contributed by atoms with Crippen LogP contribution < -0.4 is 0 Å². The maximum atomic E-state index is 13.3. The Bertz CT molecular complexity index is 780. The van der Waals surface area contributed by atoms with Crippen molar-refractivity contribution in [2.45, 2.75) is 38.7 Å². The van der Waals surface area contributed by atoms with E-state index in [9.17, 15) is 13.6 Å². The van der Waals surface area contributed by atoms with Gasteiger partial charge < -0.3 is 14.7 Å². The summed E-state index contributed by atoms with van der Waals surface area (Å²) in [5.41, 5.74) is 1.67. The molecule has 0 amide bonds. The molecule has 3 rings (SSSR count). The van der Waals surface area contributed by atoms with E-state index in [1.54, 1.807) is 24.3 Å². The van der Waals surface area contributed by atoms with Gasteiger partial charge in [-0.15, -0.1) is 0 Å². The second-order valence-electron chi connectivity index (χ2n) is 8.49. The minimum absolute atomic E-state index is 0.261. The lowest BCUT2D eigenvalue weighted by Crippen LogP contribution is -2.40. The quantitative estimate of drug-likeness (QED) is 0.520. The molecule has 6 heteroatoms. The fourth-order valence-corrected chi connectivity index (χ4v) is 4.31. The number of carboxylic acid groups (broad SMARTS) is 1. The second kappa shape index (κ2) is 11.3. The number of aliphatic carboxylic acids is 1. The molecule has 31 heavy (non-hydrogen) atoms. The molecule has 2 aromatic carbocycles. The summed E-state index contributed by atoms with van der Waals surface area (Å²) in [5.74, 6) is -0.656. The Morgan fingerprint density at radius 2 is 1.65 bits per heavy atom. The molecule has 4 nitrogen and oxygen atoms in total. The molecule has 0 spiro atoms. The van der Waals surface area contributed by atoms with Crippen molar-refractivity contribution in [1.82, 2.24) is 4.90 Å². The molecule has 2 atom stereocenters. The zero-order valence-corrected chi connectivity index (χ0v) is 18.0. The SMILES string of the molecule is C[C@@H]1CN(CCCCOC(c2ccc(F)cc2)c2ccc(F)cc2)CC[C@@H]1CC(=O)O. The van der Waals surface area contributed by atoms with Crippen molar-refractivity contribution in [2.75, 3.05) is 26.2 Å². The number of halogens is 2. The first-order valence-electron chi connectivity index (χ1n) is 11.0. The number of hydrogen-bond donors (Lipinski definition) is 1. The first kappa shape index (κ1) is 23.4. The Balaban J connectivity index is 1.47. The van der Waals surface area contributed by atoms with Gasteiger partial charge >= 0.3 is 5.97 Å². The van der Waals surface area contributed by atoms with Gasteiger partial charge in [-0.2, -0.15) is 0 Å². The summed E-state index contributed by atoms with van der Waals surface area (Å²) in [6.45, 7) is 5.53. The van der Waals surface area contributed by atoms with Gasteiger partial charge in [0.05, 0.1) is 0 Å². The van der Waals surface area contributed by atoms with Crippen molar-refractivity contribution in [2.24, 2.45) is 11.8 Å². The van der Waals surface area contributed by atoms with E-state index in [4.69, 9.17) is 9.84 Å². The summed E-state index contributed by atoms with van der Waals surface area (Å²) in [6, 6.07) is 12.4. The lowest BCUT2D eigenvalue weighted by molar-refractivity contribution is -0.139.